The number of hydrogen-bond donors (Lipinski definition) is 0. The molecule has 1 saturated carbocycles. The van der Waals surface area contributed by atoms with E-state index < -0.39 is 0 Å². The van der Waals surface area contributed by atoms with Gasteiger partial charge in [0.15, 0.2) is 0 Å². The van der Waals surface area contributed by atoms with Crippen molar-refractivity contribution in [3.8, 4) is 11.1 Å². The van der Waals surface area contributed by atoms with E-state index in [9.17, 15) is 4.39 Å². The molecular formula is C27H37FO. The fraction of sp³-hybridized carbons (Fsp3) is 0.556. The van der Waals surface area contributed by atoms with Crippen LogP contribution in [0.25, 0.3) is 11.1 Å². The summed E-state index contributed by atoms with van der Waals surface area (Å²) in [5.74, 6) is 1.70. The highest BCUT2D eigenvalue weighted by Gasteiger charge is 2.20. The molecule has 0 amide bonds. The Bertz CT molecular complexity index is 729. The van der Waals surface area contributed by atoms with Crippen molar-refractivity contribution in [2.45, 2.75) is 77.7 Å². The molecule has 0 heterocycles. The molecule has 1 aliphatic carbocycles. The van der Waals surface area contributed by atoms with Crippen LogP contribution >= 0.6 is 0 Å². The molecule has 1 nitrogen and oxygen atoms in total. The summed E-state index contributed by atoms with van der Waals surface area (Å²) in [6, 6.07) is 14.1. The third-order valence-corrected chi connectivity index (χ3v) is 6.66. The Labute approximate surface area is 176 Å². The second-order valence-corrected chi connectivity index (χ2v) is 8.86. The molecule has 2 aromatic rings. The minimum atomic E-state index is -0.196. The summed E-state index contributed by atoms with van der Waals surface area (Å²) in [5, 5.41) is 0. The first kappa shape index (κ1) is 22.0. The van der Waals surface area contributed by atoms with Crippen molar-refractivity contribution >= 4 is 0 Å². The lowest BCUT2D eigenvalue weighted by Crippen LogP contribution is -2.15. The molecule has 0 atom stereocenters. The van der Waals surface area contributed by atoms with Crippen LogP contribution in [0.5, 0.6) is 0 Å². The molecule has 3 rings (SSSR count). The molecule has 0 spiro atoms. The van der Waals surface area contributed by atoms with E-state index in [-0.39, 0.29) is 5.82 Å². The number of aryl methyl sites for hydroxylation is 1. The monoisotopic (exact) mass is 396 g/mol. The van der Waals surface area contributed by atoms with Gasteiger partial charge < -0.3 is 4.74 Å². The summed E-state index contributed by atoms with van der Waals surface area (Å²) >= 11 is 0. The predicted octanol–water partition coefficient (Wildman–Crippen LogP) is 7.96. The number of benzene rings is 2. The van der Waals surface area contributed by atoms with Crippen LogP contribution in [-0.2, 0) is 17.8 Å². The average Bonchev–Trinajstić information content (AvgIpc) is 2.75. The van der Waals surface area contributed by atoms with Crippen LogP contribution in [0.4, 0.5) is 4.39 Å². The van der Waals surface area contributed by atoms with Crippen molar-refractivity contribution < 1.29 is 9.13 Å². The van der Waals surface area contributed by atoms with E-state index in [2.05, 4.69) is 31.2 Å². The van der Waals surface area contributed by atoms with E-state index in [1.807, 2.05) is 12.1 Å². The van der Waals surface area contributed by atoms with Crippen LogP contribution in [0.3, 0.4) is 0 Å². The minimum absolute atomic E-state index is 0.196. The number of rotatable bonds is 10. The topological polar surface area (TPSA) is 9.23 Å². The summed E-state index contributed by atoms with van der Waals surface area (Å²) in [7, 11) is 1.59. The summed E-state index contributed by atoms with van der Waals surface area (Å²) < 4.78 is 19.2. The standard InChI is InChI=1S/C27H37FO/c1-3-4-5-6-21-7-9-22(10-8-21)11-12-23-13-15-24(16-14-23)25-17-18-26(20-29-2)27(28)19-25/h13-19,21-22H,3-12,20H2,1-2H3/t21-,22-. The third-order valence-electron chi connectivity index (χ3n) is 6.66. The molecule has 0 N–H and O–H groups in total. The molecule has 0 saturated heterocycles. The summed E-state index contributed by atoms with van der Waals surface area (Å²) in [4.78, 5) is 0. The van der Waals surface area contributed by atoms with Crippen molar-refractivity contribution in [3.63, 3.8) is 0 Å². The van der Waals surface area contributed by atoms with Gasteiger partial charge in [-0.15, -0.1) is 0 Å². The SMILES string of the molecule is CCCCC[C@H]1CC[C@H](CCc2ccc(-c3ccc(COC)c(F)c3)cc2)CC1. The Morgan fingerprint density at radius 1 is 0.862 bits per heavy atom. The highest BCUT2D eigenvalue weighted by atomic mass is 19.1. The van der Waals surface area contributed by atoms with Crippen LogP contribution in [0.2, 0.25) is 0 Å². The molecule has 0 aliphatic heterocycles. The fourth-order valence-corrected chi connectivity index (χ4v) is 4.73. The van der Waals surface area contributed by atoms with E-state index >= 15 is 0 Å². The molecule has 1 fully saturated rings. The molecule has 0 aromatic heterocycles. The van der Waals surface area contributed by atoms with E-state index in [1.54, 1.807) is 13.2 Å². The Morgan fingerprint density at radius 3 is 2.14 bits per heavy atom. The Hall–Kier alpha value is -1.67. The van der Waals surface area contributed by atoms with Gasteiger partial charge in [-0.25, -0.2) is 4.39 Å². The van der Waals surface area contributed by atoms with Gasteiger partial charge in [-0.3, -0.25) is 0 Å². The highest BCUT2D eigenvalue weighted by molar-refractivity contribution is 5.64. The largest absolute Gasteiger partial charge is 0.380 e. The zero-order chi connectivity index (χ0) is 20.5. The van der Waals surface area contributed by atoms with Gasteiger partial charge in [0.2, 0.25) is 0 Å². The van der Waals surface area contributed by atoms with Gasteiger partial charge in [0.05, 0.1) is 6.61 Å². The van der Waals surface area contributed by atoms with Crippen molar-refractivity contribution in [1.82, 2.24) is 0 Å². The number of halogens is 1. The van der Waals surface area contributed by atoms with Gasteiger partial charge in [0.25, 0.3) is 0 Å². The number of hydrogen-bond acceptors (Lipinski definition) is 1. The van der Waals surface area contributed by atoms with E-state index in [4.69, 9.17) is 4.74 Å². The fourth-order valence-electron chi connectivity index (χ4n) is 4.73. The van der Waals surface area contributed by atoms with E-state index in [1.165, 1.54) is 63.4 Å². The second-order valence-electron chi connectivity index (χ2n) is 8.86. The van der Waals surface area contributed by atoms with Crippen LogP contribution < -0.4 is 0 Å². The molecule has 2 heteroatoms. The Kier molecular flexibility index (Phi) is 8.73. The number of methoxy groups -OCH3 is 1. The lowest BCUT2D eigenvalue weighted by molar-refractivity contribution is 0.181. The van der Waals surface area contributed by atoms with Crippen LogP contribution in [0.1, 0.15) is 75.8 Å². The van der Waals surface area contributed by atoms with Crippen molar-refractivity contribution in [1.29, 1.82) is 0 Å². The molecule has 2 aromatic carbocycles. The van der Waals surface area contributed by atoms with Gasteiger partial charge >= 0.3 is 0 Å². The first-order valence-electron chi connectivity index (χ1n) is 11.6. The van der Waals surface area contributed by atoms with Crippen LogP contribution in [-0.4, -0.2) is 7.11 Å². The van der Waals surface area contributed by atoms with Crippen LogP contribution in [0.15, 0.2) is 42.5 Å². The Balaban J connectivity index is 1.46. The summed E-state index contributed by atoms with van der Waals surface area (Å²) in [6.07, 6.45) is 13.8. The minimum Gasteiger partial charge on any atom is -0.380 e. The average molecular weight is 397 g/mol. The van der Waals surface area contributed by atoms with Gasteiger partial charge in [0, 0.05) is 12.7 Å². The molecule has 0 bridgehead atoms. The normalized spacial score (nSPS) is 19.4. The van der Waals surface area contributed by atoms with E-state index in [0.717, 1.165) is 29.4 Å². The number of unbranched alkanes of at least 4 members (excludes halogenated alkanes) is 2. The Morgan fingerprint density at radius 2 is 1.52 bits per heavy atom. The zero-order valence-electron chi connectivity index (χ0n) is 18.3. The van der Waals surface area contributed by atoms with E-state index in [0.29, 0.717) is 12.2 Å². The first-order valence-corrected chi connectivity index (χ1v) is 11.6. The maximum absolute atomic E-state index is 14.2. The first-order chi connectivity index (χ1) is 14.2. The van der Waals surface area contributed by atoms with Gasteiger partial charge in [0.1, 0.15) is 5.82 Å². The van der Waals surface area contributed by atoms with Crippen molar-refractivity contribution in [3.05, 3.63) is 59.4 Å². The predicted molar refractivity (Wildman–Crippen MR) is 120 cm³/mol. The molecule has 1 aliphatic rings. The van der Waals surface area contributed by atoms with Gasteiger partial charge in [-0.2, -0.15) is 0 Å². The van der Waals surface area contributed by atoms with Gasteiger partial charge in [-0.05, 0) is 47.4 Å². The molecule has 0 radical (unpaired) electrons. The van der Waals surface area contributed by atoms with Crippen LogP contribution in [0, 0.1) is 17.7 Å². The quantitative estimate of drug-likeness (QED) is 0.370. The highest BCUT2D eigenvalue weighted by Crippen LogP contribution is 2.34. The maximum atomic E-state index is 14.2. The second kappa shape index (κ2) is 11.5. The molecule has 158 valence electrons. The zero-order valence-corrected chi connectivity index (χ0v) is 18.3. The molecule has 29 heavy (non-hydrogen) atoms. The smallest absolute Gasteiger partial charge is 0.129 e. The maximum Gasteiger partial charge on any atom is 0.129 e. The molecule has 0 unspecified atom stereocenters. The molecular weight excluding hydrogens is 359 g/mol. The van der Waals surface area contributed by atoms with Gasteiger partial charge in [-0.1, -0.05) is 94.7 Å². The third kappa shape index (κ3) is 6.67. The lowest BCUT2D eigenvalue weighted by atomic mass is 9.78. The van der Waals surface area contributed by atoms with Crippen molar-refractivity contribution in [2.75, 3.05) is 7.11 Å². The number of ether oxygens (including phenoxy) is 1. The summed E-state index contributed by atoms with van der Waals surface area (Å²) in [6.45, 7) is 2.60. The summed E-state index contributed by atoms with van der Waals surface area (Å²) in [5.41, 5.74) is 4.00. The van der Waals surface area contributed by atoms with Crippen molar-refractivity contribution in [2.24, 2.45) is 11.8 Å². The lowest BCUT2D eigenvalue weighted by Gasteiger charge is -2.28.